The Labute approximate surface area is 137 Å². The van der Waals surface area contributed by atoms with E-state index < -0.39 is 0 Å². The van der Waals surface area contributed by atoms with Crippen LogP contribution in [0.4, 0.5) is 0 Å². The number of hydrogen-bond acceptors (Lipinski definition) is 4. The van der Waals surface area contributed by atoms with Gasteiger partial charge in [0.25, 0.3) is 0 Å². The van der Waals surface area contributed by atoms with Crippen molar-refractivity contribution in [2.24, 2.45) is 0 Å². The highest BCUT2D eigenvalue weighted by Crippen LogP contribution is 2.16. The molecule has 2 aromatic carbocycles. The monoisotopic (exact) mass is 316 g/mol. The van der Waals surface area contributed by atoms with Gasteiger partial charge in [0.2, 0.25) is 0 Å². The summed E-state index contributed by atoms with van der Waals surface area (Å²) in [5.41, 5.74) is 1.08. The SMILES string of the molecule is COCC(OCc1ccc(OC)cc1)C(C)Oc1ccccc1. The second-order valence-corrected chi connectivity index (χ2v) is 5.29. The van der Waals surface area contributed by atoms with Crippen molar-refractivity contribution >= 4 is 0 Å². The Morgan fingerprint density at radius 1 is 0.870 bits per heavy atom. The molecule has 0 amide bonds. The van der Waals surface area contributed by atoms with Crippen molar-refractivity contribution in [3.05, 3.63) is 60.2 Å². The first kappa shape index (κ1) is 17.3. The third-order valence-electron chi connectivity index (χ3n) is 3.54. The predicted molar refractivity (Wildman–Crippen MR) is 90.0 cm³/mol. The van der Waals surface area contributed by atoms with Crippen LogP contribution in [-0.2, 0) is 16.1 Å². The van der Waals surface area contributed by atoms with Crippen molar-refractivity contribution < 1.29 is 18.9 Å². The van der Waals surface area contributed by atoms with Crippen molar-refractivity contribution in [2.75, 3.05) is 20.8 Å². The van der Waals surface area contributed by atoms with E-state index in [9.17, 15) is 0 Å². The zero-order valence-electron chi connectivity index (χ0n) is 13.9. The van der Waals surface area contributed by atoms with Gasteiger partial charge in [-0.25, -0.2) is 0 Å². The van der Waals surface area contributed by atoms with E-state index in [1.165, 1.54) is 0 Å². The highest BCUT2D eigenvalue weighted by atomic mass is 16.6. The van der Waals surface area contributed by atoms with Gasteiger partial charge in [-0.15, -0.1) is 0 Å². The number of para-hydroxylation sites is 1. The van der Waals surface area contributed by atoms with Gasteiger partial charge in [-0.1, -0.05) is 30.3 Å². The Morgan fingerprint density at radius 3 is 2.17 bits per heavy atom. The fraction of sp³-hybridized carbons (Fsp3) is 0.368. The largest absolute Gasteiger partial charge is 0.497 e. The van der Waals surface area contributed by atoms with E-state index in [0.717, 1.165) is 17.1 Å². The molecule has 4 nitrogen and oxygen atoms in total. The molecule has 2 atom stereocenters. The van der Waals surface area contributed by atoms with E-state index in [4.69, 9.17) is 18.9 Å². The first-order valence-corrected chi connectivity index (χ1v) is 7.68. The first-order valence-electron chi connectivity index (χ1n) is 7.68. The van der Waals surface area contributed by atoms with Gasteiger partial charge < -0.3 is 18.9 Å². The molecule has 0 fully saturated rings. The van der Waals surface area contributed by atoms with Crippen molar-refractivity contribution in [3.8, 4) is 11.5 Å². The average Bonchev–Trinajstić information content (AvgIpc) is 2.60. The maximum atomic E-state index is 5.99. The minimum Gasteiger partial charge on any atom is -0.497 e. The van der Waals surface area contributed by atoms with E-state index >= 15 is 0 Å². The van der Waals surface area contributed by atoms with Gasteiger partial charge in [-0.05, 0) is 36.8 Å². The minimum absolute atomic E-state index is 0.115. The summed E-state index contributed by atoms with van der Waals surface area (Å²) >= 11 is 0. The predicted octanol–water partition coefficient (Wildman–Crippen LogP) is 3.69. The van der Waals surface area contributed by atoms with Crippen molar-refractivity contribution in [2.45, 2.75) is 25.7 Å². The molecule has 0 N–H and O–H groups in total. The van der Waals surface area contributed by atoms with Gasteiger partial charge in [0.05, 0.1) is 20.3 Å². The van der Waals surface area contributed by atoms with Crippen LogP contribution in [-0.4, -0.2) is 33.0 Å². The summed E-state index contributed by atoms with van der Waals surface area (Å²) in [7, 11) is 3.32. The van der Waals surface area contributed by atoms with Crippen LogP contribution in [0, 0.1) is 0 Å². The Morgan fingerprint density at radius 2 is 1.57 bits per heavy atom. The Kier molecular flexibility index (Phi) is 6.91. The molecule has 2 unspecified atom stereocenters. The van der Waals surface area contributed by atoms with Gasteiger partial charge in [-0.3, -0.25) is 0 Å². The highest BCUT2D eigenvalue weighted by Gasteiger charge is 2.20. The summed E-state index contributed by atoms with van der Waals surface area (Å²) in [6, 6.07) is 17.6. The smallest absolute Gasteiger partial charge is 0.124 e. The van der Waals surface area contributed by atoms with Gasteiger partial charge in [-0.2, -0.15) is 0 Å². The zero-order chi connectivity index (χ0) is 16.5. The average molecular weight is 316 g/mol. The molecule has 23 heavy (non-hydrogen) atoms. The summed E-state index contributed by atoms with van der Waals surface area (Å²) in [6.45, 7) is 2.97. The normalized spacial score (nSPS) is 13.3. The molecule has 0 heterocycles. The van der Waals surface area contributed by atoms with Crippen LogP contribution in [0.5, 0.6) is 11.5 Å². The molecule has 2 rings (SSSR count). The quantitative estimate of drug-likeness (QED) is 0.707. The van der Waals surface area contributed by atoms with E-state index in [2.05, 4.69) is 0 Å². The fourth-order valence-electron chi connectivity index (χ4n) is 2.20. The highest BCUT2D eigenvalue weighted by molar-refractivity contribution is 5.26. The Bertz CT molecular complexity index is 553. The zero-order valence-corrected chi connectivity index (χ0v) is 13.9. The molecule has 0 aromatic heterocycles. The Hall–Kier alpha value is -2.04. The standard InChI is InChI=1S/C19H24O4/c1-15(23-18-7-5-4-6-8-18)19(14-20-2)22-13-16-9-11-17(21-3)12-10-16/h4-12,15,19H,13-14H2,1-3H3. The van der Waals surface area contributed by atoms with Crippen LogP contribution >= 0.6 is 0 Å². The van der Waals surface area contributed by atoms with Gasteiger partial charge >= 0.3 is 0 Å². The second-order valence-electron chi connectivity index (χ2n) is 5.29. The summed E-state index contributed by atoms with van der Waals surface area (Å²) in [5, 5.41) is 0. The molecule has 0 aliphatic rings. The third-order valence-corrected chi connectivity index (χ3v) is 3.54. The van der Waals surface area contributed by atoms with E-state index in [1.807, 2.05) is 61.5 Å². The molecule has 2 aromatic rings. The molecule has 124 valence electrons. The lowest BCUT2D eigenvalue weighted by molar-refractivity contribution is -0.0640. The lowest BCUT2D eigenvalue weighted by atomic mass is 10.2. The Balaban J connectivity index is 1.91. The number of rotatable bonds is 9. The number of benzene rings is 2. The molecule has 4 heteroatoms. The van der Waals surface area contributed by atoms with Gasteiger partial charge in [0.15, 0.2) is 0 Å². The van der Waals surface area contributed by atoms with Gasteiger partial charge in [0, 0.05) is 7.11 Å². The number of ether oxygens (including phenoxy) is 4. The van der Waals surface area contributed by atoms with Crippen LogP contribution in [0.3, 0.4) is 0 Å². The van der Waals surface area contributed by atoms with Gasteiger partial charge in [0.1, 0.15) is 23.7 Å². The molecule has 0 bridgehead atoms. The molecular weight excluding hydrogens is 292 g/mol. The van der Waals surface area contributed by atoms with E-state index in [1.54, 1.807) is 14.2 Å². The van der Waals surface area contributed by atoms with E-state index in [0.29, 0.717) is 13.2 Å². The van der Waals surface area contributed by atoms with Crippen LogP contribution in [0.1, 0.15) is 12.5 Å². The molecule has 0 saturated heterocycles. The first-order chi connectivity index (χ1) is 11.2. The maximum absolute atomic E-state index is 5.99. The molecule has 0 saturated carbocycles. The number of methoxy groups -OCH3 is 2. The molecule has 0 aliphatic carbocycles. The topological polar surface area (TPSA) is 36.9 Å². The molecule has 0 radical (unpaired) electrons. The second kappa shape index (κ2) is 9.18. The van der Waals surface area contributed by atoms with Crippen LogP contribution in [0.2, 0.25) is 0 Å². The van der Waals surface area contributed by atoms with Crippen LogP contribution < -0.4 is 9.47 Å². The lowest BCUT2D eigenvalue weighted by Crippen LogP contribution is -2.35. The molecule has 0 spiro atoms. The van der Waals surface area contributed by atoms with Crippen molar-refractivity contribution in [1.29, 1.82) is 0 Å². The van der Waals surface area contributed by atoms with Crippen molar-refractivity contribution in [3.63, 3.8) is 0 Å². The minimum atomic E-state index is -0.151. The van der Waals surface area contributed by atoms with Crippen LogP contribution in [0.15, 0.2) is 54.6 Å². The van der Waals surface area contributed by atoms with Crippen LogP contribution in [0.25, 0.3) is 0 Å². The summed E-state index contributed by atoms with van der Waals surface area (Å²) in [4.78, 5) is 0. The summed E-state index contributed by atoms with van der Waals surface area (Å²) in [5.74, 6) is 1.66. The van der Waals surface area contributed by atoms with E-state index in [-0.39, 0.29) is 12.2 Å². The fourth-order valence-corrected chi connectivity index (χ4v) is 2.20. The molecule has 0 aliphatic heterocycles. The molecular formula is C19H24O4. The lowest BCUT2D eigenvalue weighted by Gasteiger charge is -2.25. The number of hydrogen-bond donors (Lipinski definition) is 0. The van der Waals surface area contributed by atoms with Crippen molar-refractivity contribution in [1.82, 2.24) is 0 Å². The summed E-state index contributed by atoms with van der Waals surface area (Å²) in [6.07, 6.45) is -0.266. The maximum Gasteiger partial charge on any atom is 0.124 e. The third kappa shape index (κ3) is 5.58. The summed E-state index contributed by atoms with van der Waals surface area (Å²) < 4.78 is 22.3.